The maximum Gasteiger partial charge on any atom is 0.238 e. The van der Waals surface area contributed by atoms with Crippen molar-refractivity contribution in [1.82, 2.24) is 19.6 Å². The number of ether oxygens (including phenoxy) is 2. The zero-order valence-corrected chi connectivity index (χ0v) is 25.6. The second-order valence-electron chi connectivity index (χ2n) is 11.4. The van der Waals surface area contributed by atoms with Gasteiger partial charge in [0.25, 0.3) is 0 Å². The van der Waals surface area contributed by atoms with Crippen LogP contribution < -0.4 is 0 Å². The molecule has 0 aliphatic carbocycles. The summed E-state index contributed by atoms with van der Waals surface area (Å²) in [5.41, 5.74) is 0.00933. The molecule has 0 saturated heterocycles. The van der Waals surface area contributed by atoms with Crippen LogP contribution in [-0.2, 0) is 19.1 Å². The van der Waals surface area contributed by atoms with Crippen LogP contribution in [0, 0.1) is 11.8 Å². The number of amides is 2. The Morgan fingerprint density at radius 1 is 0.686 bits per heavy atom. The highest BCUT2D eigenvalue weighted by Gasteiger charge is 2.29. The molecule has 0 aromatic carbocycles. The Balaban J connectivity index is 0. The molecule has 0 N–H and O–H groups in total. The van der Waals surface area contributed by atoms with Crippen LogP contribution in [0.4, 0.5) is 0 Å². The van der Waals surface area contributed by atoms with E-state index < -0.39 is 0 Å². The lowest BCUT2D eigenvalue weighted by molar-refractivity contribution is -0.139. The summed E-state index contributed by atoms with van der Waals surface area (Å²) in [5, 5.41) is 0. The van der Waals surface area contributed by atoms with Crippen LogP contribution >= 0.6 is 0 Å². The molecule has 0 spiro atoms. The molecule has 0 aromatic rings. The highest BCUT2D eigenvalue weighted by molar-refractivity contribution is 5.78. The van der Waals surface area contributed by atoms with E-state index in [0.29, 0.717) is 44.4 Å². The summed E-state index contributed by atoms with van der Waals surface area (Å²) in [6, 6.07) is 0.401. The smallest absolute Gasteiger partial charge is 0.238 e. The van der Waals surface area contributed by atoms with Gasteiger partial charge in [-0.15, -0.1) is 0 Å². The molecule has 8 heteroatoms. The maximum atomic E-state index is 12.0. The van der Waals surface area contributed by atoms with Crippen molar-refractivity contribution in [2.75, 3.05) is 54.7 Å². The van der Waals surface area contributed by atoms with E-state index in [9.17, 15) is 9.59 Å². The Kier molecular flexibility index (Phi) is 17.7. The molecular formula is C27H58N4O4. The number of carbonyl (C=O) groups excluding carboxylic acids is 2. The fourth-order valence-corrected chi connectivity index (χ4v) is 2.62. The second-order valence-corrected chi connectivity index (χ2v) is 11.4. The monoisotopic (exact) mass is 502 g/mol. The topological polar surface area (TPSA) is 65.6 Å². The van der Waals surface area contributed by atoms with Crippen molar-refractivity contribution in [3.8, 4) is 0 Å². The summed E-state index contributed by atoms with van der Waals surface area (Å²) < 4.78 is 10.8. The molecule has 0 fully saturated rings. The van der Waals surface area contributed by atoms with Gasteiger partial charge in [0, 0.05) is 25.7 Å². The van der Waals surface area contributed by atoms with Crippen molar-refractivity contribution < 1.29 is 19.1 Å². The Morgan fingerprint density at radius 2 is 1.06 bits per heavy atom. The van der Waals surface area contributed by atoms with E-state index >= 15 is 0 Å². The lowest BCUT2D eigenvalue weighted by Gasteiger charge is -2.39. The van der Waals surface area contributed by atoms with Crippen LogP contribution in [0.1, 0.15) is 76.2 Å². The normalized spacial score (nSPS) is 13.1. The summed E-state index contributed by atoms with van der Waals surface area (Å²) in [5.74, 6) is 1.23. The molecule has 0 bridgehead atoms. The first kappa shape index (κ1) is 35.9. The fourth-order valence-electron chi connectivity index (χ4n) is 2.62. The zero-order valence-electron chi connectivity index (χ0n) is 25.6. The number of likely N-dealkylation sites (N-methyl/N-ethyl adjacent to an activating group) is 4. The molecule has 8 nitrogen and oxygen atoms in total. The van der Waals surface area contributed by atoms with Crippen molar-refractivity contribution in [2.45, 2.75) is 99.9 Å². The Labute approximate surface area is 217 Å². The lowest BCUT2D eigenvalue weighted by Crippen LogP contribution is -2.50. The largest absolute Gasteiger partial charge is 0.358 e. The number of hydrogen-bond acceptors (Lipinski definition) is 6. The van der Waals surface area contributed by atoms with Gasteiger partial charge in [0.15, 0.2) is 0 Å². The van der Waals surface area contributed by atoms with Gasteiger partial charge < -0.3 is 19.3 Å². The minimum absolute atomic E-state index is 0.00933. The maximum absolute atomic E-state index is 12.0. The van der Waals surface area contributed by atoms with Crippen LogP contribution in [0.15, 0.2) is 0 Å². The van der Waals surface area contributed by atoms with E-state index in [1.165, 1.54) is 0 Å². The first-order chi connectivity index (χ1) is 15.8. The van der Waals surface area contributed by atoms with Crippen molar-refractivity contribution >= 4 is 11.8 Å². The summed E-state index contributed by atoms with van der Waals surface area (Å²) in [6.07, 6.45) is 0.294. The van der Waals surface area contributed by atoms with Gasteiger partial charge in [-0.25, -0.2) is 0 Å². The molecule has 0 rings (SSSR count). The van der Waals surface area contributed by atoms with Gasteiger partial charge in [-0.05, 0) is 74.4 Å². The van der Waals surface area contributed by atoms with Crippen LogP contribution in [0.2, 0.25) is 0 Å². The van der Waals surface area contributed by atoms with E-state index in [4.69, 9.17) is 9.47 Å². The average Bonchev–Trinajstić information content (AvgIpc) is 2.74. The molecule has 1 atom stereocenters. The third-order valence-corrected chi connectivity index (χ3v) is 6.87. The van der Waals surface area contributed by atoms with E-state index in [1.54, 1.807) is 23.9 Å². The second kappa shape index (κ2) is 17.3. The molecule has 1 unspecified atom stereocenters. The summed E-state index contributed by atoms with van der Waals surface area (Å²) in [7, 11) is 7.54. The van der Waals surface area contributed by atoms with Gasteiger partial charge in [-0.2, -0.15) is 0 Å². The number of carbonyl (C=O) groups is 2. The Morgan fingerprint density at radius 3 is 1.37 bits per heavy atom. The molecule has 0 heterocycles. The third-order valence-electron chi connectivity index (χ3n) is 6.87. The molecule has 0 aliphatic rings. The number of hydrogen-bond donors (Lipinski definition) is 0. The van der Waals surface area contributed by atoms with E-state index in [1.807, 2.05) is 41.8 Å². The molecule has 0 saturated carbocycles. The van der Waals surface area contributed by atoms with Crippen molar-refractivity contribution in [2.24, 2.45) is 11.8 Å². The molecule has 35 heavy (non-hydrogen) atoms. The summed E-state index contributed by atoms with van der Waals surface area (Å²) in [4.78, 5) is 31.4. The standard InChI is InChI=1S/C14H30N2O2.C13H28N2O2/c1-11(2)14(5,6)16(8)9-13(17)15(7)10-18-12(3)4;1-10(2)12(5)14(6)8-13(16)15(7)9-17-11(3)4/h11-12H,9-10H2,1-8H3;10-12H,8-9H2,1-7H3. The van der Waals surface area contributed by atoms with E-state index in [-0.39, 0.29) is 29.6 Å². The molecule has 0 radical (unpaired) electrons. The molecule has 2 amide bonds. The Bertz CT molecular complexity index is 594. The van der Waals surface area contributed by atoms with E-state index in [0.717, 1.165) is 0 Å². The predicted molar refractivity (Wildman–Crippen MR) is 146 cm³/mol. The fraction of sp³-hybridized carbons (Fsp3) is 0.926. The predicted octanol–water partition coefficient (Wildman–Crippen LogP) is 4.00. The minimum atomic E-state index is 0.00933. The SMILES string of the molecule is CC(C)OCN(C)C(=O)CN(C)C(C)(C)C(C)C.CC(C)OCN(C)C(=O)CN(C)C(C)C(C)C. The van der Waals surface area contributed by atoms with E-state index in [2.05, 4.69) is 58.3 Å². The van der Waals surface area contributed by atoms with Gasteiger partial charge in [0.1, 0.15) is 13.5 Å². The third kappa shape index (κ3) is 15.5. The highest BCUT2D eigenvalue weighted by atomic mass is 16.5. The van der Waals surface area contributed by atoms with Crippen molar-refractivity contribution in [3.05, 3.63) is 0 Å². The van der Waals surface area contributed by atoms with Gasteiger partial charge in [-0.1, -0.05) is 27.7 Å². The summed E-state index contributed by atoms with van der Waals surface area (Å²) in [6.45, 7) is 24.6. The molecule has 0 aromatic heterocycles. The first-order valence-corrected chi connectivity index (χ1v) is 13.0. The number of rotatable bonds is 14. The Hall–Kier alpha value is -1.22. The zero-order chi connectivity index (χ0) is 28.1. The van der Waals surface area contributed by atoms with Crippen LogP contribution in [0.25, 0.3) is 0 Å². The quantitative estimate of drug-likeness (QED) is 0.335. The van der Waals surface area contributed by atoms with Crippen LogP contribution in [0.5, 0.6) is 0 Å². The number of nitrogens with zero attached hydrogens (tertiary/aromatic N) is 4. The molecular weight excluding hydrogens is 444 g/mol. The minimum Gasteiger partial charge on any atom is -0.358 e. The van der Waals surface area contributed by atoms with Gasteiger partial charge in [0.2, 0.25) is 11.8 Å². The highest BCUT2D eigenvalue weighted by Crippen LogP contribution is 2.22. The summed E-state index contributed by atoms with van der Waals surface area (Å²) >= 11 is 0. The van der Waals surface area contributed by atoms with Gasteiger partial charge in [-0.3, -0.25) is 19.4 Å². The van der Waals surface area contributed by atoms with Gasteiger partial charge in [0.05, 0.1) is 25.3 Å². The average molecular weight is 503 g/mol. The van der Waals surface area contributed by atoms with Gasteiger partial charge >= 0.3 is 0 Å². The van der Waals surface area contributed by atoms with Crippen molar-refractivity contribution in [1.29, 1.82) is 0 Å². The lowest BCUT2D eigenvalue weighted by atomic mass is 9.89. The van der Waals surface area contributed by atoms with Crippen LogP contribution in [0.3, 0.4) is 0 Å². The molecule has 210 valence electrons. The van der Waals surface area contributed by atoms with Crippen LogP contribution in [-0.4, -0.2) is 110 Å². The first-order valence-electron chi connectivity index (χ1n) is 13.0. The van der Waals surface area contributed by atoms with Crippen molar-refractivity contribution in [3.63, 3.8) is 0 Å². The molecule has 0 aliphatic heterocycles.